The highest BCUT2D eigenvalue weighted by Gasteiger charge is 2.19. The van der Waals surface area contributed by atoms with Crippen LogP contribution in [0.25, 0.3) is 22.3 Å². The lowest BCUT2D eigenvalue weighted by atomic mass is 10.1. The van der Waals surface area contributed by atoms with Crippen LogP contribution in [-0.2, 0) is 6.42 Å². The highest BCUT2D eigenvalue weighted by atomic mass is 16.4. The summed E-state index contributed by atoms with van der Waals surface area (Å²) in [5, 5.41) is 13.5. The van der Waals surface area contributed by atoms with Gasteiger partial charge in [-0.05, 0) is 44.3 Å². The van der Waals surface area contributed by atoms with Gasteiger partial charge in [-0.2, -0.15) is 0 Å². The molecule has 0 fully saturated rings. The maximum Gasteiger partial charge on any atom is 0.407 e. The number of fused-ring (bicyclic) bond motifs is 2. The molecule has 3 N–H and O–H groups in total. The number of pyridine rings is 1. The van der Waals surface area contributed by atoms with Crippen LogP contribution in [0.1, 0.15) is 17.8 Å². The standard InChI is InChI=1S/C23H26N8O2/c1-29(2)8-7-17-12-24-20-4-3-16(13-31(17)20)27-21-18-11-19(28-22(18)26-14-25-21)15-5-9-30(10-6-15)23(32)33/h3-5,11-14H,6-10H2,1-2H3,(H,32,33)(H2,25,26,27,28). The molecule has 170 valence electrons. The third-order valence-corrected chi connectivity index (χ3v) is 5.91. The van der Waals surface area contributed by atoms with Gasteiger partial charge in [-0.1, -0.05) is 6.08 Å². The Morgan fingerprint density at radius 3 is 2.91 bits per heavy atom. The van der Waals surface area contributed by atoms with Crippen LogP contribution < -0.4 is 5.32 Å². The lowest BCUT2D eigenvalue weighted by molar-refractivity contribution is 0.150. The van der Waals surface area contributed by atoms with Crippen molar-refractivity contribution in [1.29, 1.82) is 0 Å². The minimum absolute atomic E-state index is 0.387. The number of imidazole rings is 1. The number of hydrogen-bond acceptors (Lipinski definition) is 6. The molecule has 10 heteroatoms. The molecule has 33 heavy (non-hydrogen) atoms. The van der Waals surface area contributed by atoms with Gasteiger partial charge in [0.25, 0.3) is 0 Å². The van der Waals surface area contributed by atoms with E-state index in [1.807, 2.05) is 36.7 Å². The second kappa shape index (κ2) is 8.55. The largest absolute Gasteiger partial charge is 0.465 e. The monoisotopic (exact) mass is 446 g/mol. The van der Waals surface area contributed by atoms with Gasteiger partial charge in [-0.15, -0.1) is 0 Å². The van der Waals surface area contributed by atoms with Crippen molar-refractivity contribution >= 4 is 39.9 Å². The fourth-order valence-electron chi connectivity index (χ4n) is 4.06. The van der Waals surface area contributed by atoms with Gasteiger partial charge in [-0.25, -0.2) is 19.7 Å². The molecule has 10 nitrogen and oxygen atoms in total. The van der Waals surface area contributed by atoms with E-state index in [9.17, 15) is 4.79 Å². The molecule has 0 saturated heterocycles. The van der Waals surface area contributed by atoms with E-state index in [1.54, 1.807) is 0 Å². The van der Waals surface area contributed by atoms with Crippen LogP contribution in [0.2, 0.25) is 0 Å². The molecule has 0 aromatic carbocycles. The first kappa shape index (κ1) is 21.0. The van der Waals surface area contributed by atoms with Crippen molar-refractivity contribution in [1.82, 2.24) is 34.1 Å². The number of anilines is 2. The van der Waals surface area contributed by atoms with Crippen LogP contribution in [0.3, 0.4) is 0 Å². The summed E-state index contributed by atoms with van der Waals surface area (Å²) in [4.78, 5) is 31.4. The van der Waals surface area contributed by atoms with E-state index >= 15 is 0 Å². The first-order valence-corrected chi connectivity index (χ1v) is 10.9. The molecule has 5 rings (SSSR count). The lowest BCUT2D eigenvalue weighted by Crippen LogP contribution is -2.33. The van der Waals surface area contributed by atoms with Crippen molar-refractivity contribution in [3.8, 4) is 0 Å². The second-order valence-corrected chi connectivity index (χ2v) is 8.45. The molecule has 0 aliphatic carbocycles. The van der Waals surface area contributed by atoms with E-state index in [0.29, 0.717) is 25.3 Å². The quantitative estimate of drug-likeness (QED) is 0.417. The topological polar surface area (TPSA) is 115 Å². The number of carboxylic acid groups (broad SMARTS) is 1. The molecule has 1 amide bonds. The van der Waals surface area contributed by atoms with Gasteiger partial charge in [0.2, 0.25) is 0 Å². The Morgan fingerprint density at radius 1 is 1.27 bits per heavy atom. The normalized spacial score (nSPS) is 14.3. The molecule has 0 spiro atoms. The minimum Gasteiger partial charge on any atom is -0.465 e. The zero-order valence-electron chi connectivity index (χ0n) is 18.6. The number of likely N-dealkylation sites (N-methyl/N-ethyl adjacent to an activating group) is 1. The number of nitrogens with one attached hydrogen (secondary N) is 2. The van der Waals surface area contributed by atoms with Crippen LogP contribution >= 0.6 is 0 Å². The molecule has 0 radical (unpaired) electrons. The number of aromatic amines is 1. The summed E-state index contributed by atoms with van der Waals surface area (Å²) in [7, 11) is 4.13. The Kier molecular flexibility index (Phi) is 5.43. The average Bonchev–Trinajstić information content (AvgIpc) is 3.42. The number of nitrogens with zero attached hydrogens (tertiary/aromatic N) is 6. The van der Waals surface area contributed by atoms with Crippen LogP contribution in [0.15, 0.2) is 43.0 Å². The molecule has 5 heterocycles. The van der Waals surface area contributed by atoms with Crippen molar-refractivity contribution < 1.29 is 9.90 Å². The molecule has 0 atom stereocenters. The smallest absolute Gasteiger partial charge is 0.407 e. The van der Waals surface area contributed by atoms with Gasteiger partial charge in [-0.3, -0.25) is 0 Å². The zero-order valence-corrected chi connectivity index (χ0v) is 18.6. The third-order valence-electron chi connectivity index (χ3n) is 5.91. The zero-order chi connectivity index (χ0) is 22.9. The van der Waals surface area contributed by atoms with E-state index in [-0.39, 0.29) is 0 Å². The molecule has 0 unspecified atom stereocenters. The SMILES string of the molecule is CN(C)CCc1cnc2ccc(Nc3ncnc4[nH]c(C5=CCN(C(=O)O)CC5)cc34)cn12. The Hall–Kier alpha value is -3.92. The summed E-state index contributed by atoms with van der Waals surface area (Å²) in [6.07, 6.45) is 8.12. The summed E-state index contributed by atoms with van der Waals surface area (Å²) >= 11 is 0. The van der Waals surface area contributed by atoms with Gasteiger partial charge in [0.05, 0.1) is 11.1 Å². The Balaban J connectivity index is 1.42. The van der Waals surface area contributed by atoms with Crippen molar-refractivity contribution in [3.63, 3.8) is 0 Å². The fourth-order valence-corrected chi connectivity index (χ4v) is 4.06. The van der Waals surface area contributed by atoms with Crippen molar-refractivity contribution in [2.24, 2.45) is 0 Å². The molecular weight excluding hydrogens is 420 g/mol. The number of H-pyrrole nitrogens is 1. The van der Waals surface area contributed by atoms with E-state index in [1.165, 1.54) is 11.2 Å². The summed E-state index contributed by atoms with van der Waals surface area (Å²) in [6.45, 7) is 1.82. The fraction of sp³-hybridized carbons (Fsp3) is 0.304. The molecule has 4 aromatic heterocycles. The molecule has 0 saturated carbocycles. The van der Waals surface area contributed by atoms with Crippen molar-refractivity contribution in [2.45, 2.75) is 12.8 Å². The third kappa shape index (κ3) is 4.24. The van der Waals surface area contributed by atoms with Gasteiger partial charge >= 0.3 is 6.09 Å². The molecule has 0 bridgehead atoms. The van der Waals surface area contributed by atoms with Crippen LogP contribution in [-0.4, -0.2) is 79.1 Å². The summed E-state index contributed by atoms with van der Waals surface area (Å²) in [5.41, 5.74) is 5.73. The average molecular weight is 447 g/mol. The van der Waals surface area contributed by atoms with Gasteiger partial charge < -0.3 is 29.6 Å². The minimum atomic E-state index is -0.890. The molecule has 1 aliphatic rings. The van der Waals surface area contributed by atoms with Gasteiger partial charge in [0, 0.05) is 49.8 Å². The van der Waals surface area contributed by atoms with Crippen LogP contribution in [0.5, 0.6) is 0 Å². The van der Waals surface area contributed by atoms with E-state index in [4.69, 9.17) is 5.11 Å². The van der Waals surface area contributed by atoms with Crippen molar-refractivity contribution in [2.75, 3.05) is 39.0 Å². The van der Waals surface area contributed by atoms with Crippen LogP contribution in [0.4, 0.5) is 16.3 Å². The van der Waals surface area contributed by atoms with Crippen molar-refractivity contribution in [3.05, 3.63) is 54.4 Å². The molecular formula is C23H26N8O2. The van der Waals surface area contributed by atoms with E-state index < -0.39 is 6.09 Å². The Bertz CT molecular complexity index is 1350. The predicted octanol–water partition coefficient (Wildman–Crippen LogP) is 3.22. The number of rotatable bonds is 6. The van der Waals surface area contributed by atoms with Gasteiger partial charge in [0.1, 0.15) is 23.4 Å². The second-order valence-electron chi connectivity index (χ2n) is 8.45. The summed E-state index contributed by atoms with van der Waals surface area (Å²) in [5.74, 6) is 0.709. The molecule has 4 aromatic rings. The van der Waals surface area contributed by atoms with E-state index in [2.05, 4.69) is 48.6 Å². The number of amides is 1. The first-order valence-electron chi connectivity index (χ1n) is 10.9. The predicted molar refractivity (Wildman–Crippen MR) is 127 cm³/mol. The lowest BCUT2D eigenvalue weighted by Gasteiger charge is -2.23. The Morgan fingerprint density at radius 2 is 2.15 bits per heavy atom. The maximum atomic E-state index is 11.2. The van der Waals surface area contributed by atoms with E-state index in [0.717, 1.165) is 52.3 Å². The number of hydrogen-bond donors (Lipinski definition) is 3. The maximum absolute atomic E-state index is 11.2. The number of carbonyl (C=O) groups is 1. The summed E-state index contributed by atoms with van der Waals surface area (Å²) in [6, 6.07) is 6.01. The highest BCUT2D eigenvalue weighted by molar-refractivity contribution is 5.92. The Labute approximate surface area is 190 Å². The molecule has 1 aliphatic heterocycles. The van der Waals surface area contributed by atoms with Crippen LogP contribution in [0, 0.1) is 0 Å². The number of aromatic nitrogens is 5. The summed E-state index contributed by atoms with van der Waals surface area (Å²) < 4.78 is 2.10. The first-order chi connectivity index (χ1) is 16.0. The highest BCUT2D eigenvalue weighted by Crippen LogP contribution is 2.29. The van der Waals surface area contributed by atoms with Gasteiger partial charge in [0.15, 0.2) is 0 Å².